The van der Waals surface area contributed by atoms with Gasteiger partial charge in [0.2, 0.25) is 0 Å². The van der Waals surface area contributed by atoms with Crippen LogP contribution in [0.5, 0.6) is 0 Å². The minimum atomic E-state index is -0.461. The zero-order valence-corrected chi connectivity index (χ0v) is 13.9. The zero-order chi connectivity index (χ0) is 15.8. The summed E-state index contributed by atoms with van der Waals surface area (Å²) in [6.07, 6.45) is 3.68. The second-order valence-electron chi connectivity index (χ2n) is 6.47. The molecule has 0 aromatic rings. The average molecular weight is 286 g/mol. The van der Waals surface area contributed by atoms with E-state index in [0.29, 0.717) is 0 Å². The smallest absolute Gasteiger partial charge is 0.306 e. The van der Waals surface area contributed by atoms with Gasteiger partial charge in [0, 0.05) is 0 Å². The molecule has 0 aliphatic carbocycles. The average Bonchev–Trinajstić information content (AvgIpc) is 2.24. The van der Waals surface area contributed by atoms with Crippen molar-refractivity contribution < 1.29 is 19.1 Å². The van der Waals surface area contributed by atoms with E-state index in [-0.39, 0.29) is 24.8 Å². The van der Waals surface area contributed by atoms with Crippen LogP contribution in [0.15, 0.2) is 0 Å². The monoisotopic (exact) mass is 286 g/mol. The lowest BCUT2D eigenvalue weighted by atomic mass is 10.0. The van der Waals surface area contributed by atoms with Crippen molar-refractivity contribution in [3.05, 3.63) is 0 Å². The van der Waals surface area contributed by atoms with Crippen molar-refractivity contribution in [3.63, 3.8) is 0 Å². The predicted octanol–water partition coefficient (Wildman–Crippen LogP) is 4.01. The first-order valence-electron chi connectivity index (χ1n) is 7.55. The third-order valence-corrected chi connectivity index (χ3v) is 3.02. The SMILES string of the molecule is CCCC(C)(C)OC(=O)CCC(=O)OC(C)(C)CCC. The van der Waals surface area contributed by atoms with E-state index >= 15 is 0 Å². The largest absolute Gasteiger partial charge is 0.460 e. The van der Waals surface area contributed by atoms with Crippen molar-refractivity contribution in [1.82, 2.24) is 0 Å². The van der Waals surface area contributed by atoms with Crippen LogP contribution in [0.4, 0.5) is 0 Å². The number of carbonyl (C=O) groups is 2. The maximum Gasteiger partial charge on any atom is 0.306 e. The summed E-state index contributed by atoms with van der Waals surface area (Å²) in [4.78, 5) is 23.4. The van der Waals surface area contributed by atoms with Crippen molar-refractivity contribution in [2.75, 3.05) is 0 Å². The van der Waals surface area contributed by atoms with Gasteiger partial charge >= 0.3 is 11.9 Å². The highest BCUT2D eigenvalue weighted by Crippen LogP contribution is 2.19. The summed E-state index contributed by atoms with van der Waals surface area (Å²) < 4.78 is 10.7. The van der Waals surface area contributed by atoms with Crippen LogP contribution >= 0.6 is 0 Å². The molecule has 0 rings (SSSR count). The molecule has 118 valence electrons. The lowest BCUT2D eigenvalue weighted by Gasteiger charge is -2.26. The fraction of sp³-hybridized carbons (Fsp3) is 0.875. The van der Waals surface area contributed by atoms with E-state index in [1.54, 1.807) is 0 Å². The first-order chi connectivity index (χ1) is 9.12. The fourth-order valence-electron chi connectivity index (χ4n) is 2.23. The van der Waals surface area contributed by atoms with Gasteiger partial charge in [0.15, 0.2) is 0 Å². The normalized spacial score (nSPS) is 12.1. The molecule has 0 saturated carbocycles. The summed E-state index contributed by atoms with van der Waals surface area (Å²) >= 11 is 0. The molecule has 4 nitrogen and oxygen atoms in total. The summed E-state index contributed by atoms with van der Waals surface area (Å²) in [5, 5.41) is 0. The minimum absolute atomic E-state index is 0.0776. The number of esters is 2. The van der Waals surface area contributed by atoms with E-state index in [1.165, 1.54) is 0 Å². The summed E-state index contributed by atoms with van der Waals surface area (Å²) in [6.45, 7) is 11.6. The van der Waals surface area contributed by atoms with Crippen molar-refractivity contribution in [2.24, 2.45) is 0 Å². The Hall–Kier alpha value is -1.06. The maximum atomic E-state index is 11.7. The molecule has 0 atom stereocenters. The van der Waals surface area contributed by atoms with Crippen LogP contribution < -0.4 is 0 Å². The summed E-state index contributed by atoms with van der Waals surface area (Å²) in [6, 6.07) is 0. The van der Waals surface area contributed by atoms with Gasteiger partial charge < -0.3 is 9.47 Å². The Morgan fingerprint density at radius 2 is 1.05 bits per heavy atom. The fourth-order valence-corrected chi connectivity index (χ4v) is 2.23. The van der Waals surface area contributed by atoms with Crippen molar-refractivity contribution >= 4 is 11.9 Å². The third kappa shape index (κ3) is 8.94. The van der Waals surface area contributed by atoms with Crippen molar-refractivity contribution in [1.29, 1.82) is 0 Å². The summed E-state index contributed by atoms with van der Waals surface area (Å²) in [7, 11) is 0. The van der Waals surface area contributed by atoms with Crippen molar-refractivity contribution in [2.45, 2.75) is 91.3 Å². The van der Waals surface area contributed by atoms with Gasteiger partial charge in [0.1, 0.15) is 11.2 Å². The van der Waals surface area contributed by atoms with Gasteiger partial charge in [-0.25, -0.2) is 0 Å². The Morgan fingerprint density at radius 1 is 0.750 bits per heavy atom. The summed E-state index contributed by atoms with van der Waals surface area (Å²) in [5.41, 5.74) is -0.922. The van der Waals surface area contributed by atoms with Gasteiger partial charge in [-0.3, -0.25) is 9.59 Å². The standard InChI is InChI=1S/C16H30O4/c1-7-11-15(3,4)19-13(17)9-10-14(18)20-16(5,6)12-8-2/h7-12H2,1-6H3. The number of hydrogen-bond acceptors (Lipinski definition) is 4. The molecule has 0 bridgehead atoms. The highest BCUT2D eigenvalue weighted by atomic mass is 16.6. The van der Waals surface area contributed by atoms with E-state index in [4.69, 9.17) is 9.47 Å². The van der Waals surface area contributed by atoms with Gasteiger partial charge in [-0.2, -0.15) is 0 Å². The Morgan fingerprint density at radius 3 is 1.30 bits per heavy atom. The number of carbonyl (C=O) groups excluding carboxylic acids is 2. The number of rotatable bonds is 9. The molecule has 0 heterocycles. The molecule has 0 aromatic carbocycles. The lowest BCUT2D eigenvalue weighted by Crippen LogP contribution is -2.30. The molecule has 4 heteroatoms. The number of ether oxygens (including phenoxy) is 2. The van der Waals surface area contributed by atoms with E-state index in [1.807, 2.05) is 41.5 Å². The second kappa shape index (κ2) is 8.28. The van der Waals surface area contributed by atoms with Gasteiger partial charge in [-0.15, -0.1) is 0 Å². The quantitative estimate of drug-likeness (QED) is 0.601. The van der Waals surface area contributed by atoms with E-state index in [9.17, 15) is 9.59 Å². The molecule has 0 saturated heterocycles. The molecule has 0 aliphatic heterocycles. The molecule has 0 spiro atoms. The molecule has 20 heavy (non-hydrogen) atoms. The Kier molecular flexibility index (Phi) is 7.84. The second-order valence-corrected chi connectivity index (χ2v) is 6.47. The summed E-state index contributed by atoms with van der Waals surface area (Å²) in [5.74, 6) is -0.678. The predicted molar refractivity (Wildman–Crippen MR) is 79.4 cm³/mol. The van der Waals surface area contributed by atoms with Gasteiger partial charge in [-0.05, 0) is 40.5 Å². The van der Waals surface area contributed by atoms with Crippen LogP contribution in [-0.2, 0) is 19.1 Å². The molecule has 0 amide bonds. The number of hydrogen-bond donors (Lipinski definition) is 0. The topological polar surface area (TPSA) is 52.6 Å². The molecule has 0 aliphatic rings. The Labute approximate surface area is 123 Å². The van der Waals surface area contributed by atoms with Crippen molar-refractivity contribution in [3.8, 4) is 0 Å². The Bertz CT molecular complexity index is 286. The first-order valence-corrected chi connectivity index (χ1v) is 7.55. The van der Waals surface area contributed by atoms with Gasteiger partial charge in [0.05, 0.1) is 12.8 Å². The Balaban J connectivity index is 4.10. The van der Waals surface area contributed by atoms with Crippen LogP contribution in [0.25, 0.3) is 0 Å². The van der Waals surface area contributed by atoms with Crippen LogP contribution in [0.2, 0.25) is 0 Å². The molecule has 0 fully saturated rings. The molecule has 0 N–H and O–H groups in total. The van der Waals surface area contributed by atoms with E-state index in [2.05, 4.69) is 0 Å². The van der Waals surface area contributed by atoms with Crippen LogP contribution in [0.3, 0.4) is 0 Å². The maximum absolute atomic E-state index is 11.7. The van der Waals surface area contributed by atoms with Crippen LogP contribution in [0, 0.1) is 0 Å². The zero-order valence-electron chi connectivity index (χ0n) is 13.9. The molecule has 0 aromatic heterocycles. The van der Waals surface area contributed by atoms with Crippen LogP contribution in [-0.4, -0.2) is 23.1 Å². The minimum Gasteiger partial charge on any atom is -0.460 e. The highest BCUT2D eigenvalue weighted by molar-refractivity contribution is 5.78. The highest BCUT2D eigenvalue weighted by Gasteiger charge is 2.24. The molecule has 0 unspecified atom stereocenters. The van der Waals surface area contributed by atoms with Gasteiger partial charge in [0.25, 0.3) is 0 Å². The lowest BCUT2D eigenvalue weighted by molar-refractivity contribution is -0.164. The van der Waals surface area contributed by atoms with E-state index in [0.717, 1.165) is 25.7 Å². The molecular formula is C16H30O4. The molecule has 0 radical (unpaired) electrons. The third-order valence-electron chi connectivity index (χ3n) is 3.02. The molecular weight excluding hydrogens is 256 g/mol. The van der Waals surface area contributed by atoms with Gasteiger partial charge in [-0.1, -0.05) is 26.7 Å². The first kappa shape index (κ1) is 18.9. The van der Waals surface area contributed by atoms with E-state index < -0.39 is 11.2 Å². The van der Waals surface area contributed by atoms with Crippen LogP contribution in [0.1, 0.15) is 80.1 Å².